The second-order valence-corrected chi connectivity index (χ2v) is 6.12. The van der Waals surface area contributed by atoms with Crippen LogP contribution in [-0.2, 0) is 4.74 Å². The Bertz CT molecular complexity index is 497. The maximum Gasteiger partial charge on any atom is 0.324 e. The number of nitrogens with one attached hydrogen (secondary N) is 1. The van der Waals surface area contributed by atoms with Crippen LogP contribution in [0.2, 0.25) is 0 Å². The van der Waals surface area contributed by atoms with Crippen molar-refractivity contribution in [2.24, 2.45) is 5.73 Å². The molecule has 1 saturated carbocycles. The fourth-order valence-corrected chi connectivity index (χ4v) is 3.02. The third kappa shape index (κ3) is 4.76. The first-order chi connectivity index (χ1) is 10.1. The van der Waals surface area contributed by atoms with Crippen molar-refractivity contribution in [1.29, 1.82) is 0 Å². The lowest BCUT2D eigenvalue weighted by Gasteiger charge is -2.26. The minimum Gasteiger partial charge on any atom is -0.376 e. The molecule has 0 radical (unpaired) electrons. The average Bonchev–Trinajstić information content (AvgIpc) is 2.95. The first kappa shape index (κ1) is 15.9. The second-order valence-electron chi connectivity index (χ2n) is 5.06. The van der Waals surface area contributed by atoms with Crippen LogP contribution >= 0.6 is 11.3 Å². The number of nitrogens with zero attached hydrogens (tertiary/aromatic N) is 1. The number of carbonyl (C=O) groups is 1. The van der Waals surface area contributed by atoms with Gasteiger partial charge in [-0.1, -0.05) is 11.3 Å². The second kappa shape index (κ2) is 7.48. The van der Waals surface area contributed by atoms with Crippen molar-refractivity contribution >= 4 is 22.2 Å². The van der Waals surface area contributed by atoms with Crippen molar-refractivity contribution in [3.8, 4) is 0 Å². The quantitative estimate of drug-likeness (QED) is 0.472. The Kier molecular flexibility index (Phi) is 5.66. The molecule has 1 amide bonds. The highest BCUT2D eigenvalue weighted by Gasteiger charge is 2.19. The van der Waals surface area contributed by atoms with E-state index in [1.165, 1.54) is 12.1 Å². The molecule has 1 aliphatic rings. The van der Waals surface area contributed by atoms with Gasteiger partial charge in [-0.3, -0.25) is 14.9 Å². The van der Waals surface area contributed by atoms with Gasteiger partial charge in [0.25, 0.3) is 5.91 Å². The van der Waals surface area contributed by atoms with Gasteiger partial charge < -0.3 is 15.8 Å². The Morgan fingerprint density at radius 3 is 2.76 bits per heavy atom. The molecule has 1 aliphatic carbocycles. The van der Waals surface area contributed by atoms with Crippen molar-refractivity contribution in [3.63, 3.8) is 0 Å². The third-order valence-electron chi connectivity index (χ3n) is 3.46. The van der Waals surface area contributed by atoms with Crippen LogP contribution in [-0.4, -0.2) is 36.1 Å². The number of ether oxygens (including phenoxy) is 1. The molecule has 0 bridgehead atoms. The highest BCUT2D eigenvalue weighted by atomic mass is 32.1. The van der Waals surface area contributed by atoms with Gasteiger partial charge in [0, 0.05) is 18.7 Å². The molecule has 0 spiro atoms. The molecule has 8 heteroatoms. The highest BCUT2D eigenvalue weighted by Crippen LogP contribution is 2.23. The molecule has 0 saturated heterocycles. The molecule has 0 aliphatic heterocycles. The number of carbonyl (C=O) groups excluding carboxylic acids is 1. The predicted octanol–water partition coefficient (Wildman–Crippen LogP) is 1.67. The summed E-state index contributed by atoms with van der Waals surface area (Å²) in [7, 11) is 0. The first-order valence-corrected chi connectivity index (χ1v) is 7.77. The van der Waals surface area contributed by atoms with E-state index in [1.54, 1.807) is 0 Å². The lowest BCUT2D eigenvalue weighted by atomic mass is 9.94. The molecule has 0 atom stereocenters. The van der Waals surface area contributed by atoms with Crippen LogP contribution in [0.3, 0.4) is 0 Å². The van der Waals surface area contributed by atoms with Crippen LogP contribution in [0.4, 0.5) is 5.00 Å². The van der Waals surface area contributed by atoms with E-state index in [2.05, 4.69) is 5.32 Å². The predicted molar refractivity (Wildman–Crippen MR) is 79.5 cm³/mol. The average molecular weight is 313 g/mol. The van der Waals surface area contributed by atoms with E-state index in [-0.39, 0.29) is 17.0 Å². The summed E-state index contributed by atoms with van der Waals surface area (Å²) < 4.78 is 5.69. The number of thiophene rings is 1. The van der Waals surface area contributed by atoms with Crippen LogP contribution < -0.4 is 11.1 Å². The summed E-state index contributed by atoms with van der Waals surface area (Å²) in [4.78, 5) is 22.2. The third-order valence-corrected chi connectivity index (χ3v) is 4.49. The SMILES string of the molecule is NC1CCC(OCCNC(=O)c2ccc([N+](=O)[O-])s2)CC1. The Morgan fingerprint density at radius 1 is 1.43 bits per heavy atom. The van der Waals surface area contributed by atoms with Crippen molar-refractivity contribution in [1.82, 2.24) is 5.32 Å². The zero-order chi connectivity index (χ0) is 15.2. The topological polar surface area (TPSA) is 107 Å². The van der Waals surface area contributed by atoms with Crippen molar-refractivity contribution in [2.45, 2.75) is 37.8 Å². The number of rotatable bonds is 6. The summed E-state index contributed by atoms with van der Waals surface area (Å²) in [5.74, 6) is -0.303. The van der Waals surface area contributed by atoms with E-state index in [9.17, 15) is 14.9 Å². The summed E-state index contributed by atoms with van der Waals surface area (Å²) in [6.45, 7) is 0.839. The summed E-state index contributed by atoms with van der Waals surface area (Å²) >= 11 is 0.870. The molecule has 1 heterocycles. The molecule has 1 fully saturated rings. The molecular formula is C13H19N3O4S. The van der Waals surface area contributed by atoms with Gasteiger partial charge >= 0.3 is 5.00 Å². The van der Waals surface area contributed by atoms with E-state index < -0.39 is 4.92 Å². The monoisotopic (exact) mass is 313 g/mol. The number of hydrogen-bond acceptors (Lipinski definition) is 6. The fraction of sp³-hybridized carbons (Fsp3) is 0.615. The van der Waals surface area contributed by atoms with Gasteiger partial charge in [0.05, 0.1) is 22.5 Å². The van der Waals surface area contributed by atoms with Crippen LogP contribution in [0.25, 0.3) is 0 Å². The van der Waals surface area contributed by atoms with Crippen LogP contribution in [0.15, 0.2) is 12.1 Å². The Balaban J connectivity index is 1.66. The van der Waals surface area contributed by atoms with Gasteiger partial charge in [0.2, 0.25) is 0 Å². The Morgan fingerprint density at radius 2 is 2.14 bits per heavy atom. The minimum atomic E-state index is -0.502. The van der Waals surface area contributed by atoms with E-state index >= 15 is 0 Å². The molecule has 116 valence electrons. The van der Waals surface area contributed by atoms with Crippen LogP contribution in [0, 0.1) is 10.1 Å². The highest BCUT2D eigenvalue weighted by molar-refractivity contribution is 7.17. The number of nitrogens with two attached hydrogens (primary N) is 1. The number of amides is 1. The standard InChI is InChI=1S/C13H19N3O4S/c14-9-1-3-10(4-2-9)20-8-7-15-13(17)11-5-6-12(21-11)16(18)19/h5-6,9-10H,1-4,7-8,14H2,(H,15,17). The van der Waals surface area contributed by atoms with Gasteiger partial charge in [0.15, 0.2) is 0 Å². The fourth-order valence-electron chi connectivity index (χ4n) is 2.28. The maximum atomic E-state index is 11.8. The summed E-state index contributed by atoms with van der Waals surface area (Å²) in [6, 6.07) is 3.09. The smallest absolute Gasteiger partial charge is 0.324 e. The van der Waals surface area contributed by atoms with E-state index in [0.29, 0.717) is 24.1 Å². The van der Waals surface area contributed by atoms with Gasteiger partial charge in [-0.25, -0.2) is 0 Å². The Labute approximate surface area is 126 Å². The maximum absolute atomic E-state index is 11.8. The van der Waals surface area contributed by atoms with E-state index in [4.69, 9.17) is 10.5 Å². The van der Waals surface area contributed by atoms with Crippen molar-refractivity contribution in [2.75, 3.05) is 13.2 Å². The normalized spacial score (nSPS) is 22.0. The van der Waals surface area contributed by atoms with Crippen molar-refractivity contribution in [3.05, 3.63) is 27.1 Å². The molecule has 7 nitrogen and oxygen atoms in total. The number of nitro groups is 1. The van der Waals surface area contributed by atoms with Crippen molar-refractivity contribution < 1.29 is 14.5 Å². The molecule has 3 N–H and O–H groups in total. The zero-order valence-corrected chi connectivity index (χ0v) is 12.4. The minimum absolute atomic E-state index is 0.0325. The number of hydrogen-bond donors (Lipinski definition) is 2. The molecule has 1 aromatic rings. The zero-order valence-electron chi connectivity index (χ0n) is 11.6. The van der Waals surface area contributed by atoms with Gasteiger partial charge in [0.1, 0.15) is 0 Å². The molecule has 21 heavy (non-hydrogen) atoms. The summed E-state index contributed by atoms with van der Waals surface area (Å²) in [6.07, 6.45) is 4.12. The summed E-state index contributed by atoms with van der Waals surface area (Å²) in [5, 5.41) is 13.2. The van der Waals surface area contributed by atoms with E-state index in [1.807, 2.05) is 0 Å². The molecular weight excluding hydrogens is 294 g/mol. The van der Waals surface area contributed by atoms with Gasteiger partial charge in [-0.2, -0.15) is 0 Å². The van der Waals surface area contributed by atoms with Crippen LogP contribution in [0.1, 0.15) is 35.4 Å². The lowest BCUT2D eigenvalue weighted by Crippen LogP contribution is -2.32. The van der Waals surface area contributed by atoms with E-state index in [0.717, 1.165) is 37.0 Å². The summed E-state index contributed by atoms with van der Waals surface area (Å²) in [5.41, 5.74) is 5.82. The van der Waals surface area contributed by atoms with Gasteiger partial charge in [-0.05, 0) is 31.7 Å². The Hall–Kier alpha value is -1.51. The molecule has 0 unspecified atom stereocenters. The lowest BCUT2D eigenvalue weighted by molar-refractivity contribution is -0.380. The van der Waals surface area contributed by atoms with Crippen LogP contribution in [0.5, 0.6) is 0 Å². The van der Waals surface area contributed by atoms with Gasteiger partial charge in [-0.15, -0.1) is 0 Å². The molecule has 1 aromatic heterocycles. The molecule has 2 rings (SSSR count). The largest absolute Gasteiger partial charge is 0.376 e. The molecule has 0 aromatic carbocycles. The first-order valence-electron chi connectivity index (χ1n) is 6.96.